The average molecular weight is 201 g/mol. The van der Waals surface area contributed by atoms with Crippen molar-refractivity contribution in [2.75, 3.05) is 19.6 Å². The fourth-order valence-electron chi connectivity index (χ4n) is 1.05. The molecule has 0 aliphatic rings. The van der Waals surface area contributed by atoms with Crippen LogP contribution in [-0.2, 0) is 4.79 Å². The molecular formula is C9H19N3O2. The molecule has 5 nitrogen and oxygen atoms in total. The molecule has 0 aliphatic carbocycles. The molecule has 0 saturated heterocycles. The minimum Gasteiger partial charge on any atom is -0.368 e. The van der Waals surface area contributed by atoms with Crippen LogP contribution in [0.3, 0.4) is 0 Å². The molecule has 0 bridgehead atoms. The highest BCUT2D eigenvalue weighted by molar-refractivity contribution is 5.82. The van der Waals surface area contributed by atoms with E-state index in [1.807, 2.05) is 13.8 Å². The normalized spacial score (nSPS) is 9.57. The molecule has 5 heteroatoms. The molecule has 0 radical (unpaired) electrons. The number of nitrogens with two attached hydrogens (primary N) is 1. The number of primary amides is 1. The van der Waals surface area contributed by atoms with Crippen molar-refractivity contribution in [3.05, 3.63) is 0 Å². The summed E-state index contributed by atoms with van der Waals surface area (Å²) in [7, 11) is 0. The summed E-state index contributed by atoms with van der Waals surface area (Å²) in [4.78, 5) is 23.5. The molecule has 3 amide bonds. The molecule has 0 fully saturated rings. The van der Waals surface area contributed by atoms with E-state index in [2.05, 4.69) is 5.32 Å². The average Bonchev–Trinajstić information content (AvgIpc) is 2.12. The van der Waals surface area contributed by atoms with Gasteiger partial charge in [-0.2, -0.15) is 0 Å². The van der Waals surface area contributed by atoms with Crippen molar-refractivity contribution < 1.29 is 9.59 Å². The lowest BCUT2D eigenvalue weighted by molar-refractivity contribution is -0.118. The lowest BCUT2D eigenvalue weighted by Crippen LogP contribution is -2.44. The number of carbonyl (C=O) groups excluding carboxylic acids is 2. The third-order valence-electron chi connectivity index (χ3n) is 1.74. The topological polar surface area (TPSA) is 75.4 Å². The Bertz CT molecular complexity index is 194. The van der Waals surface area contributed by atoms with Gasteiger partial charge >= 0.3 is 6.03 Å². The third-order valence-corrected chi connectivity index (χ3v) is 1.74. The third kappa shape index (κ3) is 5.40. The van der Waals surface area contributed by atoms with E-state index in [9.17, 15) is 9.59 Å². The molecule has 0 aromatic carbocycles. The quantitative estimate of drug-likeness (QED) is 0.648. The number of hydrogen-bond donors (Lipinski definition) is 2. The van der Waals surface area contributed by atoms with Crippen LogP contribution in [0, 0.1) is 0 Å². The van der Waals surface area contributed by atoms with E-state index < -0.39 is 5.91 Å². The van der Waals surface area contributed by atoms with Crippen LogP contribution >= 0.6 is 0 Å². The summed E-state index contributed by atoms with van der Waals surface area (Å²) in [5.41, 5.74) is 5.04. The number of amides is 3. The van der Waals surface area contributed by atoms with Gasteiger partial charge in [-0.25, -0.2) is 4.79 Å². The monoisotopic (exact) mass is 201 g/mol. The summed E-state index contributed by atoms with van der Waals surface area (Å²) in [5.74, 6) is -0.479. The first-order chi connectivity index (χ1) is 6.61. The second-order valence-corrected chi connectivity index (χ2v) is 3.08. The molecule has 0 unspecified atom stereocenters. The van der Waals surface area contributed by atoms with Gasteiger partial charge in [0.15, 0.2) is 0 Å². The fourth-order valence-corrected chi connectivity index (χ4v) is 1.05. The Labute approximate surface area is 84.6 Å². The van der Waals surface area contributed by atoms with E-state index in [4.69, 9.17) is 5.73 Å². The van der Waals surface area contributed by atoms with Crippen LogP contribution in [0.4, 0.5) is 4.79 Å². The first-order valence-electron chi connectivity index (χ1n) is 4.92. The predicted octanol–water partition coefficient (Wildman–Crippen LogP) is 0.303. The predicted molar refractivity (Wildman–Crippen MR) is 54.7 cm³/mol. The summed E-state index contributed by atoms with van der Waals surface area (Å²) in [6, 6.07) is -0.222. The maximum atomic E-state index is 11.4. The summed E-state index contributed by atoms with van der Waals surface area (Å²) in [6.45, 7) is 4.98. The van der Waals surface area contributed by atoms with Gasteiger partial charge < -0.3 is 16.0 Å². The highest BCUT2D eigenvalue weighted by atomic mass is 16.2. The molecule has 0 aromatic heterocycles. The number of rotatable bonds is 6. The van der Waals surface area contributed by atoms with Crippen molar-refractivity contribution >= 4 is 11.9 Å². The SMILES string of the molecule is CCCCN(CC(N)=O)C(=O)NCC. The highest BCUT2D eigenvalue weighted by Crippen LogP contribution is 1.95. The molecule has 0 aliphatic heterocycles. The van der Waals surface area contributed by atoms with Crippen molar-refractivity contribution in [1.82, 2.24) is 10.2 Å². The Hall–Kier alpha value is -1.26. The van der Waals surface area contributed by atoms with E-state index in [0.717, 1.165) is 12.8 Å². The van der Waals surface area contributed by atoms with Crippen molar-refractivity contribution in [3.63, 3.8) is 0 Å². The zero-order valence-corrected chi connectivity index (χ0v) is 8.88. The molecular weight excluding hydrogens is 182 g/mol. The van der Waals surface area contributed by atoms with Gasteiger partial charge in [-0.15, -0.1) is 0 Å². The summed E-state index contributed by atoms with van der Waals surface area (Å²) in [5, 5.41) is 2.64. The Balaban J connectivity index is 4.08. The Morgan fingerprint density at radius 3 is 2.43 bits per heavy atom. The lowest BCUT2D eigenvalue weighted by atomic mass is 10.3. The molecule has 0 saturated carbocycles. The van der Waals surface area contributed by atoms with Gasteiger partial charge in [0, 0.05) is 13.1 Å². The number of nitrogens with zero attached hydrogens (tertiary/aromatic N) is 1. The van der Waals surface area contributed by atoms with Gasteiger partial charge in [0.2, 0.25) is 5.91 Å². The van der Waals surface area contributed by atoms with Crippen LogP contribution < -0.4 is 11.1 Å². The van der Waals surface area contributed by atoms with E-state index in [1.54, 1.807) is 0 Å². The summed E-state index contributed by atoms with van der Waals surface area (Å²) in [6.07, 6.45) is 1.86. The van der Waals surface area contributed by atoms with E-state index in [1.165, 1.54) is 4.90 Å². The molecule has 14 heavy (non-hydrogen) atoms. The largest absolute Gasteiger partial charge is 0.368 e. The number of urea groups is 1. The maximum absolute atomic E-state index is 11.4. The number of carbonyl (C=O) groups is 2. The number of hydrogen-bond acceptors (Lipinski definition) is 2. The van der Waals surface area contributed by atoms with Crippen molar-refractivity contribution in [2.45, 2.75) is 26.7 Å². The van der Waals surface area contributed by atoms with Gasteiger partial charge in [0.25, 0.3) is 0 Å². The van der Waals surface area contributed by atoms with E-state index in [0.29, 0.717) is 13.1 Å². The zero-order chi connectivity index (χ0) is 11.0. The summed E-state index contributed by atoms with van der Waals surface area (Å²) >= 11 is 0. The van der Waals surface area contributed by atoms with Crippen molar-refractivity contribution in [2.24, 2.45) is 5.73 Å². The van der Waals surface area contributed by atoms with Crippen LogP contribution in [0.25, 0.3) is 0 Å². The molecule has 3 N–H and O–H groups in total. The number of nitrogens with one attached hydrogen (secondary N) is 1. The van der Waals surface area contributed by atoms with Gasteiger partial charge in [-0.05, 0) is 13.3 Å². The Kier molecular flexibility index (Phi) is 6.53. The van der Waals surface area contributed by atoms with Gasteiger partial charge in [0.1, 0.15) is 6.54 Å². The van der Waals surface area contributed by atoms with Crippen LogP contribution in [0.1, 0.15) is 26.7 Å². The van der Waals surface area contributed by atoms with Crippen molar-refractivity contribution in [3.8, 4) is 0 Å². The van der Waals surface area contributed by atoms with Gasteiger partial charge in [-0.1, -0.05) is 13.3 Å². The maximum Gasteiger partial charge on any atom is 0.317 e. The van der Waals surface area contributed by atoms with E-state index in [-0.39, 0.29) is 12.6 Å². The minimum atomic E-state index is -0.479. The molecule has 0 rings (SSSR count). The first kappa shape index (κ1) is 12.7. The van der Waals surface area contributed by atoms with Crippen LogP contribution in [0.15, 0.2) is 0 Å². The molecule has 0 spiro atoms. The van der Waals surface area contributed by atoms with Crippen LogP contribution in [-0.4, -0.2) is 36.5 Å². The van der Waals surface area contributed by atoms with E-state index >= 15 is 0 Å². The lowest BCUT2D eigenvalue weighted by Gasteiger charge is -2.20. The number of unbranched alkanes of at least 4 members (excludes halogenated alkanes) is 1. The van der Waals surface area contributed by atoms with Crippen molar-refractivity contribution in [1.29, 1.82) is 0 Å². The first-order valence-corrected chi connectivity index (χ1v) is 4.92. The van der Waals surface area contributed by atoms with Gasteiger partial charge in [-0.3, -0.25) is 4.79 Å². The minimum absolute atomic E-state index is 0.00810. The molecule has 82 valence electrons. The molecule has 0 atom stereocenters. The Morgan fingerprint density at radius 1 is 1.36 bits per heavy atom. The molecule has 0 heterocycles. The Morgan fingerprint density at radius 2 is 2.00 bits per heavy atom. The summed E-state index contributed by atoms with van der Waals surface area (Å²) < 4.78 is 0. The van der Waals surface area contributed by atoms with Crippen LogP contribution in [0.2, 0.25) is 0 Å². The van der Waals surface area contributed by atoms with Crippen LogP contribution in [0.5, 0.6) is 0 Å². The second kappa shape index (κ2) is 7.17. The highest BCUT2D eigenvalue weighted by Gasteiger charge is 2.13. The second-order valence-electron chi connectivity index (χ2n) is 3.08. The van der Waals surface area contributed by atoms with Gasteiger partial charge in [0.05, 0.1) is 0 Å². The smallest absolute Gasteiger partial charge is 0.317 e. The fraction of sp³-hybridized carbons (Fsp3) is 0.778. The zero-order valence-electron chi connectivity index (χ0n) is 8.88. The standard InChI is InChI=1S/C9H19N3O2/c1-3-5-6-12(7-8(10)13)9(14)11-4-2/h3-7H2,1-2H3,(H2,10,13)(H,11,14). The molecule has 0 aromatic rings.